The van der Waals surface area contributed by atoms with E-state index >= 15 is 0 Å². The molecule has 0 unspecified atom stereocenters. The molecule has 0 radical (unpaired) electrons. The second kappa shape index (κ2) is 3.63. The van der Waals surface area contributed by atoms with Crippen LogP contribution >= 0.6 is 34.2 Å². The monoisotopic (exact) mass is 310 g/mol. The van der Waals surface area contributed by atoms with E-state index in [2.05, 4.69) is 22.6 Å². The van der Waals surface area contributed by atoms with Crippen molar-refractivity contribution in [2.75, 3.05) is 6.61 Å². The van der Waals surface area contributed by atoms with Gasteiger partial charge >= 0.3 is 0 Å². The highest BCUT2D eigenvalue weighted by molar-refractivity contribution is 14.1. The molecule has 1 heterocycles. The lowest BCUT2D eigenvalue weighted by Gasteiger charge is -2.06. The molecule has 1 aliphatic heterocycles. The van der Waals surface area contributed by atoms with Crippen molar-refractivity contribution < 1.29 is 9.84 Å². The van der Waals surface area contributed by atoms with Gasteiger partial charge in [-0.3, -0.25) is 0 Å². The second-order valence-electron chi connectivity index (χ2n) is 3.00. The molecule has 70 valence electrons. The summed E-state index contributed by atoms with van der Waals surface area (Å²) in [6, 6.07) is 3.76. The fourth-order valence-electron chi connectivity index (χ4n) is 1.45. The summed E-state index contributed by atoms with van der Waals surface area (Å²) in [4.78, 5) is 0. The summed E-state index contributed by atoms with van der Waals surface area (Å²) in [5.74, 6) is 0.879. The van der Waals surface area contributed by atoms with E-state index in [4.69, 9.17) is 21.4 Å². The minimum absolute atomic E-state index is 0.0579. The molecule has 0 amide bonds. The normalized spacial score (nSPS) is 19.8. The van der Waals surface area contributed by atoms with Crippen LogP contribution in [-0.4, -0.2) is 17.8 Å². The highest BCUT2D eigenvalue weighted by Gasteiger charge is 2.24. The van der Waals surface area contributed by atoms with Gasteiger partial charge in [0.2, 0.25) is 0 Å². The zero-order valence-electron chi connectivity index (χ0n) is 6.76. The first-order valence-corrected chi connectivity index (χ1v) is 5.42. The van der Waals surface area contributed by atoms with Crippen molar-refractivity contribution in [3.05, 3.63) is 26.3 Å². The average Bonchev–Trinajstić information content (AvgIpc) is 2.47. The van der Waals surface area contributed by atoms with Crippen LogP contribution in [0, 0.1) is 3.57 Å². The maximum Gasteiger partial charge on any atom is 0.136 e. The van der Waals surface area contributed by atoms with Crippen molar-refractivity contribution in [2.45, 2.75) is 12.5 Å². The molecule has 0 saturated carbocycles. The maximum absolute atomic E-state index is 8.94. The Morgan fingerprint density at radius 1 is 1.62 bits per heavy atom. The Labute approximate surface area is 95.0 Å². The molecule has 13 heavy (non-hydrogen) atoms. The molecule has 0 saturated heterocycles. The number of fused-ring (bicyclic) bond motifs is 1. The lowest BCUT2D eigenvalue weighted by atomic mass is 10.1. The van der Waals surface area contributed by atoms with Gasteiger partial charge in [-0.1, -0.05) is 11.6 Å². The molecule has 2 rings (SSSR count). The van der Waals surface area contributed by atoms with E-state index in [0.717, 1.165) is 26.3 Å². The van der Waals surface area contributed by atoms with Crippen molar-refractivity contribution >= 4 is 34.2 Å². The van der Waals surface area contributed by atoms with Crippen LogP contribution in [-0.2, 0) is 6.42 Å². The summed E-state index contributed by atoms with van der Waals surface area (Å²) in [7, 11) is 0. The smallest absolute Gasteiger partial charge is 0.136 e. The SMILES string of the molecule is OC[C@@H]1Cc2cc(Cl)cc(I)c2O1. The van der Waals surface area contributed by atoms with Crippen molar-refractivity contribution in [1.82, 2.24) is 0 Å². The molecule has 4 heteroatoms. The van der Waals surface area contributed by atoms with E-state index in [1.165, 1.54) is 0 Å². The summed E-state index contributed by atoms with van der Waals surface area (Å²) in [5.41, 5.74) is 1.09. The molecule has 1 aliphatic rings. The van der Waals surface area contributed by atoms with E-state index in [1.54, 1.807) is 0 Å². The first-order chi connectivity index (χ1) is 6.20. The molecular formula is C9H8ClIO2. The quantitative estimate of drug-likeness (QED) is 0.806. The first-order valence-electron chi connectivity index (χ1n) is 3.96. The van der Waals surface area contributed by atoms with E-state index < -0.39 is 0 Å². The maximum atomic E-state index is 8.94. The Hall–Kier alpha value is -0.000000000000000111. The molecule has 1 atom stereocenters. The van der Waals surface area contributed by atoms with Crippen molar-refractivity contribution in [1.29, 1.82) is 0 Å². The van der Waals surface area contributed by atoms with Crippen LogP contribution in [0.5, 0.6) is 5.75 Å². The van der Waals surface area contributed by atoms with Crippen LogP contribution in [0.1, 0.15) is 5.56 Å². The number of halogens is 2. The molecule has 1 aromatic carbocycles. The number of aliphatic hydroxyl groups excluding tert-OH is 1. The fourth-order valence-corrected chi connectivity index (χ4v) is 2.69. The number of benzene rings is 1. The van der Waals surface area contributed by atoms with E-state index in [9.17, 15) is 0 Å². The van der Waals surface area contributed by atoms with Crippen LogP contribution in [0.4, 0.5) is 0 Å². The highest BCUT2D eigenvalue weighted by Crippen LogP contribution is 2.35. The van der Waals surface area contributed by atoms with Gasteiger partial charge in [0.05, 0.1) is 10.2 Å². The first kappa shape index (κ1) is 9.55. The zero-order valence-corrected chi connectivity index (χ0v) is 9.67. The third-order valence-electron chi connectivity index (χ3n) is 2.02. The van der Waals surface area contributed by atoms with E-state index in [0.29, 0.717) is 0 Å². The second-order valence-corrected chi connectivity index (χ2v) is 4.60. The minimum Gasteiger partial charge on any atom is -0.486 e. The molecule has 0 fully saturated rings. The Kier molecular flexibility index (Phi) is 2.67. The van der Waals surface area contributed by atoms with Crippen LogP contribution < -0.4 is 4.74 Å². The Morgan fingerprint density at radius 3 is 3.08 bits per heavy atom. The average molecular weight is 311 g/mol. The summed E-state index contributed by atoms with van der Waals surface area (Å²) in [6.45, 7) is 0.0579. The Bertz CT molecular complexity index is 341. The van der Waals surface area contributed by atoms with Crippen molar-refractivity contribution in [3.8, 4) is 5.75 Å². The van der Waals surface area contributed by atoms with Gasteiger partial charge in [-0.25, -0.2) is 0 Å². The van der Waals surface area contributed by atoms with Gasteiger partial charge in [-0.05, 0) is 34.7 Å². The van der Waals surface area contributed by atoms with E-state index in [-0.39, 0.29) is 12.7 Å². The van der Waals surface area contributed by atoms with Crippen LogP contribution in [0.3, 0.4) is 0 Å². The van der Waals surface area contributed by atoms with Crippen LogP contribution in [0.25, 0.3) is 0 Å². The van der Waals surface area contributed by atoms with Crippen molar-refractivity contribution in [3.63, 3.8) is 0 Å². The van der Waals surface area contributed by atoms with Gasteiger partial charge in [-0.15, -0.1) is 0 Å². The lowest BCUT2D eigenvalue weighted by molar-refractivity contribution is 0.134. The van der Waals surface area contributed by atoms with Crippen LogP contribution in [0.2, 0.25) is 5.02 Å². The zero-order chi connectivity index (χ0) is 9.42. The number of ether oxygens (including phenoxy) is 1. The molecule has 0 aliphatic carbocycles. The predicted octanol–water partition coefficient (Wildman–Crippen LogP) is 2.24. The van der Waals surface area contributed by atoms with Gasteiger partial charge in [0.15, 0.2) is 0 Å². The van der Waals surface area contributed by atoms with E-state index in [1.807, 2.05) is 12.1 Å². The molecule has 1 N–H and O–H groups in total. The third kappa shape index (κ3) is 1.78. The Morgan fingerprint density at radius 2 is 2.38 bits per heavy atom. The van der Waals surface area contributed by atoms with Gasteiger partial charge in [0.1, 0.15) is 11.9 Å². The Balaban J connectivity index is 2.40. The molecular weight excluding hydrogens is 302 g/mol. The summed E-state index contributed by atoms with van der Waals surface area (Å²) in [5, 5.41) is 9.67. The fraction of sp³-hybridized carbons (Fsp3) is 0.333. The third-order valence-corrected chi connectivity index (χ3v) is 3.04. The predicted molar refractivity (Wildman–Crippen MR) is 59.4 cm³/mol. The van der Waals surface area contributed by atoms with Crippen LogP contribution in [0.15, 0.2) is 12.1 Å². The minimum atomic E-state index is -0.0954. The standard InChI is InChI=1S/C9H8ClIO2/c10-6-1-5-2-7(4-12)13-9(5)8(11)3-6/h1,3,7,12H,2,4H2/t7-/m0/s1. The van der Waals surface area contributed by atoms with Crippen molar-refractivity contribution in [2.24, 2.45) is 0 Å². The summed E-state index contributed by atoms with van der Waals surface area (Å²) >= 11 is 8.08. The molecule has 2 nitrogen and oxygen atoms in total. The number of aliphatic hydroxyl groups is 1. The number of hydrogen-bond acceptors (Lipinski definition) is 2. The number of rotatable bonds is 1. The molecule has 0 aromatic heterocycles. The van der Waals surface area contributed by atoms with Gasteiger partial charge < -0.3 is 9.84 Å². The molecule has 1 aromatic rings. The number of hydrogen-bond donors (Lipinski definition) is 1. The summed E-state index contributed by atoms with van der Waals surface area (Å²) < 4.78 is 6.54. The van der Waals surface area contributed by atoms with Gasteiger partial charge in [0.25, 0.3) is 0 Å². The summed E-state index contributed by atoms with van der Waals surface area (Å²) in [6.07, 6.45) is 0.657. The molecule has 0 spiro atoms. The molecule has 0 bridgehead atoms. The van der Waals surface area contributed by atoms with Gasteiger partial charge in [0, 0.05) is 17.0 Å². The largest absolute Gasteiger partial charge is 0.486 e. The lowest BCUT2D eigenvalue weighted by Crippen LogP contribution is -2.17. The van der Waals surface area contributed by atoms with Gasteiger partial charge in [-0.2, -0.15) is 0 Å². The topological polar surface area (TPSA) is 29.5 Å². The highest BCUT2D eigenvalue weighted by atomic mass is 127.